The van der Waals surface area contributed by atoms with E-state index in [4.69, 9.17) is 16.3 Å². The van der Waals surface area contributed by atoms with Crippen molar-refractivity contribution in [2.75, 3.05) is 19.0 Å². The van der Waals surface area contributed by atoms with Crippen LogP contribution in [0.5, 0.6) is 0 Å². The van der Waals surface area contributed by atoms with Gasteiger partial charge in [-0.25, -0.2) is 14.3 Å². The lowest BCUT2D eigenvalue weighted by atomic mass is 9.77. The quantitative estimate of drug-likeness (QED) is 0.318. The highest BCUT2D eigenvalue weighted by molar-refractivity contribution is 6.18. The Labute approximate surface area is 210 Å². The summed E-state index contributed by atoms with van der Waals surface area (Å²) in [7, 11) is 0. The first kappa shape index (κ1) is 26.4. The van der Waals surface area contributed by atoms with Crippen molar-refractivity contribution in [1.29, 1.82) is 0 Å². The summed E-state index contributed by atoms with van der Waals surface area (Å²) in [5.74, 6) is 0.178. The summed E-state index contributed by atoms with van der Waals surface area (Å²) in [6.07, 6.45) is -2.82. The number of benzene rings is 2. The Kier molecular flexibility index (Phi) is 7.59. The van der Waals surface area contributed by atoms with Crippen LogP contribution < -0.4 is 11.0 Å². The predicted molar refractivity (Wildman–Crippen MR) is 128 cm³/mol. The maximum Gasteiger partial charge on any atom is 0.416 e. The lowest BCUT2D eigenvalue weighted by Crippen LogP contribution is -2.61. The van der Waals surface area contributed by atoms with E-state index < -0.39 is 35.6 Å². The number of hydrogen-bond donors (Lipinski definition) is 2. The molecule has 0 unspecified atom stereocenters. The lowest BCUT2D eigenvalue weighted by Gasteiger charge is -2.47. The smallest absolute Gasteiger partial charge is 0.372 e. The van der Waals surface area contributed by atoms with Gasteiger partial charge in [0.2, 0.25) is 0 Å². The van der Waals surface area contributed by atoms with Crippen LogP contribution in [-0.4, -0.2) is 33.8 Å². The van der Waals surface area contributed by atoms with Crippen LogP contribution in [0.2, 0.25) is 0 Å². The molecule has 1 aliphatic heterocycles. The average molecular weight is 527 g/mol. The molecule has 0 spiro atoms. The van der Waals surface area contributed by atoms with E-state index >= 15 is 0 Å². The van der Waals surface area contributed by atoms with Gasteiger partial charge in [0.15, 0.2) is 0 Å². The van der Waals surface area contributed by atoms with Gasteiger partial charge < -0.3 is 10.1 Å². The molecule has 3 atom stereocenters. The summed E-state index contributed by atoms with van der Waals surface area (Å²) < 4.78 is 60.9. The summed E-state index contributed by atoms with van der Waals surface area (Å²) in [6, 6.07) is 12.8. The molecule has 3 aromatic rings. The molecule has 2 aromatic carbocycles. The molecule has 0 bridgehead atoms. The molecule has 36 heavy (non-hydrogen) atoms. The van der Waals surface area contributed by atoms with E-state index in [0.29, 0.717) is 19.4 Å². The number of H-pyrrole nitrogens is 1. The zero-order valence-electron chi connectivity index (χ0n) is 19.6. The molecule has 194 valence electrons. The van der Waals surface area contributed by atoms with Crippen LogP contribution in [0.3, 0.4) is 0 Å². The van der Waals surface area contributed by atoms with Gasteiger partial charge >= 0.3 is 11.9 Å². The minimum absolute atomic E-state index is 0.0544. The third kappa shape index (κ3) is 5.21. The molecular weight excluding hydrogens is 500 g/mol. The first-order valence-corrected chi connectivity index (χ1v) is 12.0. The van der Waals surface area contributed by atoms with Crippen molar-refractivity contribution in [3.63, 3.8) is 0 Å². The van der Waals surface area contributed by atoms with E-state index in [1.165, 1.54) is 17.0 Å². The van der Waals surface area contributed by atoms with Gasteiger partial charge in [-0.2, -0.15) is 18.3 Å². The topological polar surface area (TPSA) is 71.9 Å². The monoisotopic (exact) mass is 526 g/mol. The molecule has 0 saturated carbocycles. The zero-order valence-corrected chi connectivity index (χ0v) is 20.4. The molecule has 6 nitrogen and oxygen atoms in total. The number of hydrogen-bond acceptors (Lipinski definition) is 4. The first-order chi connectivity index (χ1) is 17.1. The van der Waals surface area contributed by atoms with Crippen LogP contribution in [0.25, 0.3) is 0 Å². The van der Waals surface area contributed by atoms with Gasteiger partial charge in [0.25, 0.3) is 0 Å². The van der Waals surface area contributed by atoms with Crippen LogP contribution in [0.1, 0.15) is 48.1 Å². The zero-order chi connectivity index (χ0) is 26.0. The van der Waals surface area contributed by atoms with Gasteiger partial charge in [0, 0.05) is 12.4 Å². The molecule has 0 aliphatic carbocycles. The van der Waals surface area contributed by atoms with Crippen molar-refractivity contribution < 1.29 is 22.3 Å². The van der Waals surface area contributed by atoms with E-state index in [-0.39, 0.29) is 29.3 Å². The molecule has 0 radical (unpaired) electrons. The largest absolute Gasteiger partial charge is 0.416 e. The molecule has 2 heterocycles. The molecule has 1 aliphatic rings. The Morgan fingerprint density at radius 2 is 1.94 bits per heavy atom. The maximum absolute atomic E-state index is 13.3. The summed E-state index contributed by atoms with van der Waals surface area (Å²) in [4.78, 5) is 12.3. The number of piperidine rings is 1. The van der Waals surface area contributed by atoms with E-state index in [1.54, 1.807) is 6.92 Å². The standard InChI is InChI=1S/C25H27ClF4N4O2/c1-17(19-9-18(12-27)10-21(11-19)25(28,29)30)36-15-24(20-5-3-2-4-6-20)8-7-23(13-26,14-31-24)34-16-32-33-22(34)35/h2-6,9-11,16-17,31H,7-8,12-15H2,1H3,(H,33,35)/t17-,23-,24-/m1/s1. The number of aromatic nitrogens is 3. The van der Waals surface area contributed by atoms with E-state index in [2.05, 4.69) is 15.5 Å². The Morgan fingerprint density at radius 1 is 1.19 bits per heavy atom. The second kappa shape index (κ2) is 10.4. The number of rotatable bonds is 8. The number of nitrogens with one attached hydrogen (secondary N) is 2. The highest BCUT2D eigenvalue weighted by Gasteiger charge is 2.45. The molecule has 1 saturated heterocycles. The summed E-state index contributed by atoms with van der Waals surface area (Å²) in [5, 5.41) is 9.74. The van der Waals surface area contributed by atoms with Crippen molar-refractivity contribution in [3.05, 3.63) is 87.6 Å². The SMILES string of the molecule is C[C@@H](OC[C@@]1(c2ccccc2)CC[C@](CCl)(n2cn[nH]c2=O)CN1)c1cc(CF)cc(C(F)(F)F)c1. The number of aromatic amines is 1. The van der Waals surface area contributed by atoms with Gasteiger partial charge in [0.05, 0.1) is 29.4 Å². The third-order valence-electron chi connectivity index (χ3n) is 6.96. The average Bonchev–Trinajstić information content (AvgIpc) is 3.33. The highest BCUT2D eigenvalue weighted by atomic mass is 35.5. The Balaban J connectivity index is 1.59. The molecular formula is C25H27ClF4N4O2. The van der Waals surface area contributed by atoms with Crippen LogP contribution in [0.15, 0.2) is 59.7 Å². The number of nitrogens with zero attached hydrogens (tertiary/aromatic N) is 2. The van der Waals surface area contributed by atoms with Crippen molar-refractivity contribution >= 4 is 11.6 Å². The van der Waals surface area contributed by atoms with Crippen molar-refractivity contribution in [2.24, 2.45) is 0 Å². The second-order valence-corrected chi connectivity index (χ2v) is 9.51. The number of alkyl halides is 5. The Morgan fingerprint density at radius 3 is 2.50 bits per heavy atom. The van der Waals surface area contributed by atoms with Gasteiger partial charge in [-0.15, -0.1) is 11.6 Å². The molecule has 11 heteroatoms. The minimum atomic E-state index is -4.59. The summed E-state index contributed by atoms with van der Waals surface area (Å²) in [6.45, 7) is 1.12. The maximum atomic E-state index is 13.3. The number of halogens is 5. The van der Waals surface area contributed by atoms with Crippen LogP contribution >= 0.6 is 11.6 Å². The molecule has 1 aromatic heterocycles. The first-order valence-electron chi connectivity index (χ1n) is 11.5. The van der Waals surface area contributed by atoms with Crippen molar-refractivity contribution in [3.8, 4) is 0 Å². The Hall–Kier alpha value is -2.69. The fraction of sp³-hybridized carbons (Fsp3) is 0.440. The van der Waals surface area contributed by atoms with Gasteiger partial charge in [0.1, 0.15) is 13.0 Å². The van der Waals surface area contributed by atoms with Gasteiger partial charge in [-0.05, 0) is 48.6 Å². The van der Waals surface area contributed by atoms with Crippen molar-refractivity contribution in [2.45, 2.75) is 49.8 Å². The van der Waals surface area contributed by atoms with Gasteiger partial charge in [-0.3, -0.25) is 4.57 Å². The lowest BCUT2D eigenvalue weighted by molar-refractivity contribution is -0.137. The van der Waals surface area contributed by atoms with Crippen molar-refractivity contribution in [1.82, 2.24) is 20.1 Å². The normalized spacial score (nSPS) is 23.5. The predicted octanol–water partition coefficient (Wildman–Crippen LogP) is 5.05. The minimum Gasteiger partial charge on any atom is -0.372 e. The fourth-order valence-corrected chi connectivity index (χ4v) is 5.05. The molecule has 0 amide bonds. The number of ether oxygens (including phenoxy) is 1. The molecule has 4 rings (SSSR count). The summed E-state index contributed by atoms with van der Waals surface area (Å²) in [5.41, 5.74) is -1.52. The van der Waals surface area contributed by atoms with Gasteiger partial charge in [-0.1, -0.05) is 36.4 Å². The van der Waals surface area contributed by atoms with Crippen LogP contribution in [0, 0.1) is 0 Å². The fourth-order valence-electron chi connectivity index (χ4n) is 4.69. The third-order valence-corrected chi connectivity index (χ3v) is 7.45. The van der Waals surface area contributed by atoms with E-state index in [9.17, 15) is 22.4 Å². The summed E-state index contributed by atoms with van der Waals surface area (Å²) >= 11 is 6.33. The van der Waals surface area contributed by atoms with E-state index in [1.807, 2.05) is 30.3 Å². The Bertz CT molecular complexity index is 1220. The molecule has 2 N–H and O–H groups in total. The van der Waals surface area contributed by atoms with Crippen LogP contribution in [0.4, 0.5) is 17.6 Å². The molecule has 1 fully saturated rings. The second-order valence-electron chi connectivity index (χ2n) is 9.24. The van der Waals surface area contributed by atoms with E-state index in [0.717, 1.165) is 17.7 Å². The van der Waals surface area contributed by atoms with Crippen LogP contribution in [-0.2, 0) is 28.7 Å². The highest BCUT2D eigenvalue weighted by Crippen LogP contribution is 2.39.